The third-order valence-corrected chi connectivity index (χ3v) is 3.52. The Hall–Kier alpha value is -2.93. The zero-order chi connectivity index (χ0) is 17.7. The lowest BCUT2D eigenvalue weighted by molar-refractivity contribution is -0.385. The Morgan fingerprint density at radius 3 is 2.62 bits per heavy atom. The molecule has 2 aromatic carbocycles. The minimum Gasteiger partial charge on any atom is -0.452 e. The molecule has 0 bridgehead atoms. The molecule has 0 spiro atoms. The molecule has 1 N–H and O–H groups in total. The number of amides is 1. The molecule has 7 nitrogen and oxygen atoms in total. The third-order valence-electron chi connectivity index (χ3n) is 3.11. The summed E-state index contributed by atoms with van der Waals surface area (Å²) in [6, 6.07) is 10.3. The van der Waals surface area contributed by atoms with Gasteiger partial charge in [-0.15, -0.1) is 0 Å². The number of hydrogen-bond acceptors (Lipinski definition) is 5. The van der Waals surface area contributed by atoms with Crippen LogP contribution in [0.4, 0.5) is 11.4 Å². The van der Waals surface area contributed by atoms with Crippen molar-refractivity contribution < 1.29 is 19.2 Å². The van der Waals surface area contributed by atoms with Gasteiger partial charge in [0, 0.05) is 16.8 Å². The summed E-state index contributed by atoms with van der Waals surface area (Å²) in [7, 11) is 0. The Labute approximate surface area is 142 Å². The van der Waals surface area contributed by atoms with Crippen molar-refractivity contribution in [3.8, 4) is 0 Å². The van der Waals surface area contributed by atoms with Gasteiger partial charge < -0.3 is 10.1 Å². The van der Waals surface area contributed by atoms with Crippen molar-refractivity contribution >= 4 is 34.9 Å². The number of rotatable bonds is 5. The number of benzene rings is 2. The predicted molar refractivity (Wildman–Crippen MR) is 88.2 cm³/mol. The molecule has 0 heterocycles. The Balaban J connectivity index is 1.97. The van der Waals surface area contributed by atoms with Gasteiger partial charge in [0.05, 0.1) is 4.92 Å². The van der Waals surface area contributed by atoms with E-state index in [4.69, 9.17) is 16.3 Å². The number of para-hydroxylation sites is 1. The topological polar surface area (TPSA) is 98.5 Å². The molecule has 0 aliphatic rings. The summed E-state index contributed by atoms with van der Waals surface area (Å²) >= 11 is 5.95. The Morgan fingerprint density at radius 2 is 1.96 bits per heavy atom. The van der Waals surface area contributed by atoms with E-state index in [1.807, 2.05) is 6.92 Å². The second-order valence-corrected chi connectivity index (χ2v) is 5.27. The molecule has 0 unspecified atom stereocenters. The average molecular weight is 349 g/mol. The first kappa shape index (κ1) is 17.4. The van der Waals surface area contributed by atoms with Gasteiger partial charge in [0.15, 0.2) is 6.61 Å². The summed E-state index contributed by atoms with van der Waals surface area (Å²) in [5.41, 5.74) is 0.719. The minimum atomic E-state index is -0.945. The van der Waals surface area contributed by atoms with Gasteiger partial charge in [-0.25, -0.2) is 4.79 Å². The van der Waals surface area contributed by atoms with E-state index in [1.54, 1.807) is 18.2 Å². The van der Waals surface area contributed by atoms with Crippen molar-refractivity contribution in [1.82, 2.24) is 0 Å². The monoisotopic (exact) mass is 348 g/mol. The van der Waals surface area contributed by atoms with E-state index >= 15 is 0 Å². The average Bonchev–Trinajstić information content (AvgIpc) is 2.56. The molecule has 0 saturated heterocycles. The number of aryl methyl sites for hydroxylation is 1. The number of esters is 1. The van der Waals surface area contributed by atoms with Crippen LogP contribution in [-0.4, -0.2) is 23.4 Å². The van der Waals surface area contributed by atoms with Crippen LogP contribution in [0.25, 0.3) is 0 Å². The van der Waals surface area contributed by atoms with E-state index in [2.05, 4.69) is 5.32 Å². The first-order chi connectivity index (χ1) is 11.4. The zero-order valence-corrected chi connectivity index (χ0v) is 13.4. The highest BCUT2D eigenvalue weighted by Crippen LogP contribution is 2.20. The molecule has 0 aliphatic carbocycles. The Morgan fingerprint density at radius 1 is 1.25 bits per heavy atom. The summed E-state index contributed by atoms with van der Waals surface area (Å²) < 4.78 is 4.82. The molecule has 24 heavy (non-hydrogen) atoms. The fourth-order valence-electron chi connectivity index (χ4n) is 1.88. The van der Waals surface area contributed by atoms with Crippen molar-refractivity contribution in [2.24, 2.45) is 0 Å². The number of carbonyl (C=O) groups is 2. The maximum atomic E-state index is 11.9. The maximum Gasteiger partial charge on any atom is 0.345 e. The summed E-state index contributed by atoms with van der Waals surface area (Å²) in [4.78, 5) is 33.9. The third kappa shape index (κ3) is 4.30. The van der Waals surface area contributed by atoms with E-state index in [1.165, 1.54) is 24.3 Å². The van der Waals surface area contributed by atoms with Crippen molar-refractivity contribution in [2.45, 2.75) is 6.92 Å². The van der Waals surface area contributed by atoms with Gasteiger partial charge in [-0.1, -0.05) is 29.8 Å². The molecule has 124 valence electrons. The Kier molecular flexibility index (Phi) is 5.49. The molecular weight excluding hydrogens is 336 g/mol. The maximum absolute atomic E-state index is 11.9. The van der Waals surface area contributed by atoms with Gasteiger partial charge in [-0.05, 0) is 30.7 Å². The number of nitro groups is 1. The second-order valence-electron chi connectivity index (χ2n) is 4.86. The van der Waals surface area contributed by atoms with Gasteiger partial charge in [-0.2, -0.15) is 0 Å². The fourth-order valence-corrected chi connectivity index (χ4v) is 2.06. The normalized spacial score (nSPS) is 10.1. The molecule has 2 rings (SSSR count). The van der Waals surface area contributed by atoms with E-state index in [-0.39, 0.29) is 11.3 Å². The largest absolute Gasteiger partial charge is 0.452 e. The Bertz CT molecular complexity index is 807. The standard InChI is InChI=1S/C16H13ClN2O5/c1-10-6-7-11(8-13(10)17)18-15(20)9-24-16(21)12-4-2-3-5-14(12)19(22)23/h2-8H,9H2,1H3,(H,18,20). The minimum absolute atomic E-state index is 0.214. The molecule has 0 radical (unpaired) electrons. The zero-order valence-electron chi connectivity index (χ0n) is 12.6. The van der Waals surface area contributed by atoms with Crippen molar-refractivity contribution in [1.29, 1.82) is 0 Å². The number of nitrogens with zero attached hydrogens (tertiary/aromatic N) is 1. The molecule has 2 aromatic rings. The molecule has 0 atom stereocenters. The number of hydrogen-bond donors (Lipinski definition) is 1. The van der Waals surface area contributed by atoms with E-state index in [0.717, 1.165) is 5.56 Å². The first-order valence-corrected chi connectivity index (χ1v) is 7.23. The molecule has 0 aromatic heterocycles. The van der Waals surface area contributed by atoms with Crippen molar-refractivity contribution in [3.05, 3.63) is 68.7 Å². The van der Waals surface area contributed by atoms with Crippen molar-refractivity contribution in [3.63, 3.8) is 0 Å². The van der Waals surface area contributed by atoms with Crippen LogP contribution in [0.1, 0.15) is 15.9 Å². The molecule has 0 fully saturated rings. The highest BCUT2D eigenvalue weighted by molar-refractivity contribution is 6.31. The first-order valence-electron chi connectivity index (χ1n) is 6.85. The van der Waals surface area contributed by atoms with Gasteiger partial charge in [0.1, 0.15) is 5.56 Å². The molecule has 0 aliphatic heterocycles. The number of halogens is 1. The second kappa shape index (κ2) is 7.56. The number of anilines is 1. The smallest absolute Gasteiger partial charge is 0.345 e. The lowest BCUT2D eigenvalue weighted by Crippen LogP contribution is -2.21. The lowest BCUT2D eigenvalue weighted by atomic mass is 10.2. The highest BCUT2D eigenvalue weighted by atomic mass is 35.5. The predicted octanol–water partition coefficient (Wildman–Crippen LogP) is 3.35. The molecule has 0 saturated carbocycles. The highest BCUT2D eigenvalue weighted by Gasteiger charge is 2.21. The van der Waals surface area contributed by atoms with Crippen LogP contribution in [0, 0.1) is 17.0 Å². The van der Waals surface area contributed by atoms with Crippen LogP contribution < -0.4 is 5.32 Å². The summed E-state index contributed by atoms with van der Waals surface area (Å²) in [6.45, 7) is 1.25. The molecule has 8 heteroatoms. The van der Waals surface area contributed by atoms with Crippen molar-refractivity contribution in [2.75, 3.05) is 11.9 Å². The summed E-state index contributed by atoms with van der Waals surface area (Å²) in [5, 5.41) is 13.9. The van der Waals surface area contributed by atoms with Crippen LogP contribution in [0.2, 0.25) is 5.02 Å². The van der Waals surface area contributed by atoms with E-state index in [0.29, 0.717) is 10.7 Å². The van der Waals surface area contributed by atoms with Gasteiger partial charge in [0.25, 0.3) is 11.6 Å². The van der Waals surface area contributed by atoms with Gasteiger partial charge in [0.2, 0.25) is 0 Å². The summed E-state index contributed by atoms with van der Waals surface area (Å²) in [6.07, 6.45) is 0. The number of nitrogens with one attached hydrogen (secondary N) is 1. The van der Waals surface area contributed by atoms with Crippen LogP contribution in [0.3, 0.4) is 0 Å². The fraction of sp³-hybridized carbons (Fsp3) is 0.125. The molecule has 1 amide bonds. The van der Waals surface area contributed by atoms with Crippen LogP contribution in [0.15, 0.2) is 42.5 Å². The number of nitro benzene ring substituents is 1. The number of ether oxygens (including phenoxy) is 1. The van der Waals surface area contributed by atoms with E-state index < -0.39 is 23.4 Å². The van der Waals surface area contributed by atoms with Gasteiger partial charge >= 0.3 is 5.97 Å². The van der Waals surface area contributed by atoms with Crippen LogP contribution in [0.5, 0.6) is 0 Å². The molecular formula is C16H13ClN2O5. The lowest BCUT2D eigenvalue weighted by Gasteiger charge is -2.08. The van der Waals surface area contributed by atoms with Crippen LogP contribution >= 0.6 is 11.6 Å². The van der Waals surface area contributed by atoms with E-state index in [9.17, 15) is 19.7 Å². The van der Waals surface area contributed by atoms with Crippen LogP contribution in [-0.2, 0) is 9.53 Å². The summed E-state index contributed by atoms with van der Waals surface area (Å²) in [5.74, 6) is -1.53. The van der Waals surface area contributed by atoms with Gasteiger partial charge in [-0.3, -0.25) is 14.9 Å². The quantitative estimate of drug-likeness (QED) is 0.507. The number of carbonyl (C=O) groups excluding carboxylic acids is 2. The SMILES string of the molecule is Cc1ccc(NC(=O)COC(=O)c2ccccc2[N+](=O)[O-])cc1Cl.